The Balaban J connectivity index is 1.01. The quantitative estimate of drug-likeness (QED) is 0.0403. The molecule has 0 saturated carbocycles. The molecule has 0 radical (unpaired) electrons. The van der Waals surface area contributed by atoms with Crippen LogP contribution in [-0.4, -0.2) is 35.1 Å². The summed E-state index contributed by atoms with van der Waals surface area (Å²) in [4.78, 5) is -0.774. The van der Waals surface area contributed by atoms with Crippen molar-refractivity contribution in [3.05, 3.63) is 180 Å². The number of hydrogen-bond donors (Lipinski definition) is 2. The number of sulfone groups is 2. The van der Waals surface area contributed by atoms with Gasteiger partial charge in [-0.3, -0.25) is 4.55 Å². The van der Waals surface area contributed by atoms with Gasteiger partial charge in [0, 0.05) is 4.90 Å². The Hall–Kier alpha value is -6.02. The summed E-state index contributed by atoms with van der Waals surface area (Å²) in [5, 5.41) is 12.7. The summed E-state index contributed by atoms with van der Waals surface area (Å²) >= 11 is 0.559. The topological polar surface area (TPSA) is 189 Å². The predicted octanol–water partition coefficient (Wildman–Crippen LogP) is 10.6. The van der Waals surface area contributed by atoms with Gasteiger partial charge in [0.15, 0.2) is 0 Å². The fraction of sp³-hybridized carbons (Fsp3) is 0.0667. The monoisotopic (exact) mass is 912 g/mol. The molecule has 7 aromatic rings. The molecule has 2 N–H and O–H groups in total. The molecule has 0 heterocycles. The Labute approximate surface area is 362 Å². The maximum absolute atomic E-state index is 13.8. The van der Waals surface area contributed by atoms with Gasteiger partial charge in [0.2, 0.25) is 19.7 Å². The number of ether oxygens (including phenoxy) is 3. The zero-order valence-corrected chi connectivity index (χ0v) is 36.0. The van der Waals surface area contributed by atoms with E-state index in [1.807, 2.05) is 26.0 Å². The summed E-state index contributed by atoms with van der Waals surface area (Å²) in [6.07, 6.45) is 0.292. The molecule has 0 unspecified atom stereocenters. The second-order valence-corrected chi connectivity index (χ2v) is 19.8. The van der Waals surface area contributed by atoms with E-state index in [4.69, 9.17) is 19.5 Å². The van der Waals surface area contributed by atoms with Crippen molar-refractivity contribution in [2.24, 2.45) is 0 Å². The molecule has 7 aromatic carbocycles. The first-order valence-electron chi connectivity index (χ1n) is 18.4. The van der Waals surface area contributed by atoms with Gasteiger partial charge in [-0.05, 0) is 147 Å². The number of benzene rings is 7. The second kappa shape index (κ2) is 18.5. The average Bonchev–Trinajstić information content (AvgIpc) is 3.25. The van der Waals surface area contributed by atoms with E-state index in [0.717, 1.165) is 28.8 Å². The minimum absolute atomic E-state index is 0.154. The van der Waals surface area contributed by atoms with Gasteiger partial charge in [-0.1, -0.05) is 58.6 Å². The Morgan fingerprint density at radius 1 is 0.484 bits per heavy atom. The fourth-order valence-electron chi connectivity index (χ4n) is 6.07. The van der Waals surface area contributed by atoms with Gasteiger partial charge in [0.25, 0.3) is 10.1 Å². The van der Waals surface area contributed by atoms with Crippen LogP contribution < -0.4 is 14.2 Å². The molecular weight excluding hydrogens is 877 g/mol. The normalized spacial score (nSPS) is 11.9. The summed E-state index contributed by atoms with van der Waals surface area (Å²) < 4.78 is 111. The largest absolute Gasteiger partial charge is 0.457 e. The van der Waals surface area contributed by atoms with E-state index in [0.29, 0.717) is 47.0 Å². The van der Waals surface area contributed by atoms with E-state index in [-0.39, 0.29) is 31.1 Å². The molecule has 0 aliphatic heterocycles. The van der Waals surface area contributed by atoms with Crippen LogP contribution in [0.3, 0.4) is 0 Å². The second-order valence-electron chi connectivity index (χ2n) is 13.8. The van der Waals surface area contributed by atoms with Crippen molar-refractivity contribution in [2.75, 3.05) is 0 Å². The summed E-state index contributed by atoms with van der Waals surface area (Å²) in [5.41, 5.74) is 3.30. The Kier molecular flexibility index (Phi) is 13.2. The third kappa shape index (κ3) is 10.5. The molecule has 62 heavy (non-hydrogen) atoms. The van der Waals surface area contributed by atoms with Crippen LogP contribution in [0.1, 0.15) is 22.3 Å². The first-order chi connectivity index (χ1) is 29.6. The van der Waals surface area contributed by atoms with Crippen molar-refractivity contribution < 1.29 is 58.6 Å². The minimum Gasteiger partial charge on any atom is -0.457 e. The van der Waals surface area contributed by atoms with Crippen LogP contribution in [0.2, 0.25) is 0 Å². The van der Waals surface area contributed by atoms with Crippen LogP contribution in [0.25, 0.3) is 0 Å². The summed E-state index contributed by atoms with van der Waals surface area (Å²) in [7, 11) is -13.0. The molecule has 0 amide bonds. The first kappa shape index (κ1) is 44.0. The highest BCUT2D eigenvalue weighted by Crippen LogP contribution is 2.36. The SMILES string of the molecule is Cc1ccc(Oc2ccc(S(=O)(=O)c3ccc(Cc4ccc(Oc5ccc(Oc6ccc(S(=O)(=O)c7ccc(C)cc7)cc6)cc5)cc4)c(SOOO)c3)cc2S(=O)(=O)O)cc1. The smallest absolute Gasteiger partial charge is 0.298 e. The van der Waals surface area contributed by atoms with Crippen LogP contribution in [-0.2, 0) is 45.6 Å². The molecule has 318 valence electrons. The van der Waals surface area contributed by atoms with Crippen LogP contribution >= 0.6 is 12.0 Å². The third-order valence-electron chi connectivity index (χ3n) is 9.33. The lowest BCUT2D eigenvalue weighted by atomic mass is 10.0. The van der Waals surface area contributed by atoms with Crippen molar-refractivity contribution in [3.8, 4) is 34.5 Å². The van der Waals surface area contributed by atoms with Crippen molar-refractivity contribution in [1.82, 2.24) is 0 Å². The highest BCUT2D eigenvalue weighted by molar-refractivity contribution is 7.94. The first-order valence-corrected chi connectivity index (χ1v) is 23.6. The molecule has 0 spiro atoms. The molecule has 7 rings (SSSR count). The van der Waals surface area contributed by atoms with Crippen LogP contribution in [0.15, 0.2) is 187 Å². The molecule has 0 fully saturated rings. The molecule has 17 heteroatoms. The van der Waals surface area contributed by atoms with E-state index in [1.165, 1.54) is 30.3 Å². The molecule has 0 atom stereocenters. The molecule has 0 aliphatic rings. The molecule has 13 nitrogen and oxygen atoms in total. The van der Waals surface area contributed by atoms with E-state index in [1.54, 1.807) is 103 Å². The fourth-order valence-corrected chi connectivity index (χ4v) is 9.96. The van der Waals surface area contributed by atoms with Gasteiger partial charge in [-0.15, -0.1) is 4.33 Å². The lowest BCUT2D eigenvalue weighted by molar-refractivity contribution is -0.432. The van der Waals surface area contributed by atoms with Crippen molar-refractivity contribution in [3.63, 3.8) is 0 Å². The van der Waals surface area contributed by atoms with Crippen molar-refractivity contribution in [2.45, 2.75) is 49.6 Å². The molecule has 0 aliphatic carbocycles. The minimum atomic E-state index is -4.92. The number of rotatable bonds is 16. The van der Waals surface area contributed by atoms with E-state index >= 15 is 0 Å². The van der Waals surface area contributed by atoms with Gasteiger partial charge in [0.1, 0.15) is 39.4 Å². The van der Waals surface area contributed by atoms with Crippen LogP contribution in [0, 0.1) is 13.8 Å². The van der Waals surface area contributed by atoms with Crippen molar-refractivity contribution in [1.29, 1.82) is 0 Å². The van der Waals surface area contributed by atoms with Gasteiger partial charge in [-0.25, -0.2) is 22.1 Å². The molecule has 0 saturated heterocycles. The maximum atomic E-state index is 13.8. The third-order valence-corrected chi connectivity index (χ3v) is 14.4. The van der Waals surface area contributed by atoms with Crippen molar-refractivity contribution >= 4 is 41.8 Å². The van der Waals surface area contributed by atoms with Crippen LogP contribution in [0.5, 0.6) is 34.5 Å². The lowest BCUT2D eigenvalue weighted by Gasteiger charge is -2.14. The van der Waals surface area contributed by atoms with Gasteiger partial charge >= 0.3 is 0 Å². The van der Waals surface area contributed by atoms with E-state index in [9.17, 15) is 29.8 Å². The highest BCUT2D eigenvalue weighted by Gasteiger charge is 2.26. The Morgan fingerprint density at radius 3 is 1.42 bits per heavy atom. The predicted molar refractivity (Wildman–Crippen MR) is 229 cm³/mol. The van der Waals surface area contributed by atoms with Gasteiger partial charge < -0.3 is 14.2 Å². The van der Waals surface area contributed by atoms with E-state index < -0.39 is 39.6 Å². The van der Waals surface area contributed by atoms with Crippen LogP contribution in [0.4, 0.5) is 0 Å². The van der Waals surface area contributed by atoms with E-state index in [2.05, 4.69) is 9.37 Å². The Morgan fingerprint density at radius 2 is 0.887 bits per heavy atom. The number of hydrogen-bond acceptors (Lipinski definition) is 13. The molecule has 0 aromatic heterocycles. The zero-order valence-electron chi connectivity index (χ0n) is 32.7. The Bertz CT molecular complexity index is 3030. The van der Waals surface area contributed by atoms with Gasteiger partial charge in [-0.2, -0.15) is 8.42 Å². The maximum Gasteiger partial charge on any atom is 0.298 e. The highest BCUT2D eigenvalue weighted by atomic mass is 32.2. The lowest BCUT2D eigenvalue weighted by Crippen LogP contribution is -2.07. The number of aryl methyl sites for hydroxylation is 2. The summed E-state index contributed by atoms with van der Waals surface area (Å²) in [5.74, 6) is 2.02. The standard InChI is InChI=1S/C45H36O13S4/c1-30-3-10-38(11-4-30)56-43-26-25-42(29-45(43)62(51,52)53)61(49,50)41-22-9-33(44(28-41)59-58-57-46)27-32-7-12-34(13-8-32)54-35-14-16-36(17-15-35)55-37-18-23-40(24-19-37)60(47,48)39-20-5-31(2)6-21-39/h3-26,28-29,46H,27H2,1-2H3,(H,51,52,53). The van der Waals surface area contributed by atoms with Gasteiger partial charge in [0.05, 0.1) is 31.6 Å². The molecular formula is C45H36O13S4. The average molecular weight is 913 g/mol. The molecule has 0 bridgehead atoms. The zero-order chi connectivity index (χ0) is 44.1. The summed E-state index contributed by atoms with van der Waals surface area (Å²) in [6, 6.07) is 40.8. The summed E-state index contributed by atoms with van der Waals surface area (Å²) in [6.45, 7) is 3.75.